The number of rotatable bonds is 9. The van der Waals surface area contributed by atoms with Crippen molar-refractivity contribution in [2.75, 3.05) is 10.9 Å². The average molecular weight is 687 g/mol. The van der Waals surface area contributed by atoms with Crippen molar-refractivity contribution in [2.45, 2.75) is 9.79 Å². The number of benzene rings is 4. The predicted molar refractivity (Wildman–Crippen MR) is 147 cm³/mol. The van der Waals surface area contributed by atoms with Crippen LogP contribution < -0.4 is 91.5 Å². The van der Waals surface area contributed by atoms with Gasteiger partial charge < -0.3 is 19.3 Å². The number of anilines is 2. The number of phenolic OH excluding ortho intramolecular Hbond substituents is 1. The molecule has 4 aromatic rings. The fourth-order valence-electron chi connectivity index (χ4n) is 3.66. The molecule has 0 unspecified atom stereocenters. The number of carboxylic acids is 1. The molecule has 0 aromatic heterocycles. The third-order valence-electron chi connectivity index (χ3n) is 5.80. The molecule has 0 radical (unpaired) electrons. The first-order valence-electron chi connectivity index (χ1n) is 11.8. The number of carbonyl (C=O) groups is 2. The van der Waals surface area contributed by atoms with E-state index in [-0.39, 0.29) is 70.5 Å². The van der Waals surface area contributed by atoms with Crippen LogP contribution in [0.2, 0.25) is 0 Å². The molecule has 0 saturated heterocycles. The van der Waals surface area contributed by atoms with Crippen molar-refractivity contribution in [1.82, 2.24) is 0 Å². The van der Waals surface area contributed by atoms with Gasteiger partial charge in [-0.25, -0.2) is 21.6 Å². The molecule has 46 heavy (non-hydrogen) atoms. The van der Waals surface area contributed by atoms with Gasteiger partial charge >= 0.3 is 65.1 Å². The number of carbonyl (C=O) groups excluding carboxylic acids is 1. The van der Waals surface area contributed by atoms with Gasteiger partial charge in [-0.15, -0.1) is 0 Å². The quantitative estimate of drug-likeness (QED) is 0.0552. The first-order chi connectivity index (χ1) is 20.6. The minimum absolute atomic E-state index is 0. The van der Waals surface area contributed by atoms with E-state index in [9.17, 15) is 55.3 Å². The summed E-state index contributed by atoms with van der Waals surface area (Å²) in [6, 6.07) is 11.8. The van der Waals surface area contributed by atoms with Crippen LogP contribution in [0.1, 0.15) is 26.3 Å². The Morgan fingerprint density at radius 1 is 0.652 bits per heavy atom. The zero-order valence-electron chi connectivity index (χ0n) is 23.6. The minimum atomic E-state index is -4.77. The Kier molecular flexibility index (Phi) is 12.9. The van der Waals surface area contributed by atoms with E-state index in [1.165, 1.54) is 0 Å². The molecule has 4 aromatic carbocycles. The van der Waals surface area contributed by atoms with Gasteiger partial charge in [0.15, 0.2) is 11.1 Å². The van der Waals surface area contributed by atoms with Crippen molar-refractivity contribution in [3.63, 3.8) is 0 Å². The van der Waals surface area contributed by atoms with Crippen molar-refractivity contribution in [1.29, 1.82) is 0 Å². The van der Waals surface area contributed by atoms with Crippen LogP contribution >= 0.6 is 0 Å². The summed E-state index contributed by atoms with van der Waals surface area (Å²) in [5, 5.41) is 25.3. The molecule has 0 spiro atoms. The molecule has 0 atom stereocenters. The Balaban J connectivity index is 0.00000368. The predicted octanol–water partition coefficient (Wildman–Crippen LogP) is -6.41. The molecule has 20 heteroatoms. The first-order valence-corrected chi connectivity index (χ1v) is 14.6. The molecule has 4 rings (SSSR count). The first kappa shape index (κ1) is 38.6. The number of hydrogen-bond donors (Lipinski definition) is 4. The van der Waals surface area contributed by atoms with E-state index in [1.807, 2.05) is 0 Å². The molecule has 226 valence electrons. The van der Waals surface area contributed by atoms with Crippen molar-refractivity contribution < 1.29 is 105 Å². The number of carboxylic acid groups (broad SMARTS) is 1. The van der Waals surface area contributed by atoms with Crippen molar-refractivity contribution in [2.24, 2.45) is 10.2 Å². The molecule has 0 aliphatic heterocycles. The van der Waals surface area contributed by atoms with Gasteiger partial charge in [0, 0.05) is 5.56 Å². The topological polar surface area (TPSA) is 272 Å². The monoisotopic (exact) mass is 686 g/mol. The van der Waals surface area contributed by atoms with Crippen LogP contribution in [0.3, 0.4) is 0 Å². The fraction of sp³-hybridized carbons (Fsp3) is 0. The van der Waals surface area contributed by atoms with Crippen LogP contribution in [0.4, 0.5) is 11.4 Å². The van der Waals surface area contributed by atoms with Gasteiger partial charge in [-0.2, -0.15) is 10.2 Å². The number of aromatic hydroxyl groups is 1. The normalized spacial score (nSPS) is 12.0. The van der Waals surface area contributed by atoms with Crippen LogP contribution in [-0.2, 0) is 20.2 Å². The summed E-state index contributed by atoms with van der Waals surface area (Å²) in [6.07, 6.45) is 0. The SMILES string of the molecule is O=C(O)c1cc(O)ccc1C(=O)c1c/c(=N\Nc2ccc(S(=O)(=O)[O-])cc2)c(=O)/c(=N/Nc2ccc(S(=O)(=O)[O-])cc2)c1=O.[Na+].[Na+]. The van der Waals surface area contributed by atoms with E-state index in [1.54, 1.807) is 0 Å². The van der Waals surface area contributed by atoms with Crippen LogP contribution in [0, 0.1) is 0 Å². The van der Waals surface area contributed by atoms with E-state index in [0.717, 1.165) is 72.8 Å². The molecule has 0 bridgehead atoms. The summed E-state index contributed by atoms with van der Waals surface area (Å²) in [5.74, 6) is -3.26. The van der Waals surface area contributed by atoms with Crippen molar-refractivity contribution >= 4 is 43.4 Å². The maximum absolute atomic E-state index is 13.4. The third kappa shape index (κ3) is 9.04. The second-order valence-corrected chi connectivity index (χ2v) is 11.5. The maximum Gasteiger partial charge on any atom is 1.00 e. The largest absolute Gasteiger partial charge is 1.00 e. The number of aromatic carboxylic acids is 1. The second-order valence-electron chi connectivity index (χ2n) is 8.72. The Labute approximate surface area is 302 Å². The van der Waals surface area contributed by atoms with Crippen LogP contribution in [0.5, 0.6) is 5.75 Å². The molecule has 16 nitrogen and oxygen atoms in total. The van der Waals surface area contributed by atoms with Crippen molar-refractivity contribution in [3.8, 4) is 5.75 Å². The number of nitrogens with one attached hydrogen (secondary N) is 2. The summed E-state index contributed by atoms with van der Waals surface area (Å²) in [7, 11) is -9.52. The Morgan fingerprint density at radius 2 is 1.13 bits per heavy atom. The smallest absolute Gasteiger partial charge is 0.744 e. The molecule has 0 aliphatic carbocycles. The van der Waals surface area contributed by atoms with Gasteiger partial charge in [-0.3, -0.25) is 25.2 Å². The third-order valence-corrected chi connectivity index (χ3v) is 7.50. The molecule has 0 saturated carbocycles. The van der Waals surface area contributed by atoms with E-state index >= 15 is 0 Å². The van der Waals surface area contributed by atoms with Crippen molar-refractivity contribution in [3.05, 3.63) is 121 Å². The van der Waals surface area contributed by atoms with Crippen LogP contribution in [-0.4, -0.2) is 47.9 Å². The molecule has 0 aliphatic rings. The molecule has 0 fully saturated rings. The Morgan fingerprint density at radius 3 is 1.59 bits per heavy atom. The van der Waals surface area contributed by atoms with E-state index < -0.39 is 85.8 Å². The Bertz CT molecular complexity index is 2270. The Hall–Kier alpha value is -3.56. The maximum atomic E-state index is 13.4. The summed E-state index contributed by atoms with van der Waals surface area (Å²) in [4.78, 5) is 50.5. The average Bonchev–Trinajstić information content (AvgIpc) is 2.96. The summed E-state index contributed by atoms with van der Waals surface area (Å²) >= 11 is 0. The van der Waals surface area contributed by atoms with Gasteiger partial charge in [0.1, 0.15) is 31.3 Å². The molecule has 0 heterocycles. The van der Waals surface area contributed by atoms with Gasteiger partial charge in [0.2, 0.25) is 10.9 Å². The molecular weight excluding hydrogens is 670 g/mol. The zero-order valence-corrected chi connectivity index (χ0v) is 29.2. The minimum Gasteiger partial charge on any atom is -0.744 e. The van der Waals surface area contributed by atoms with E-state index in [2.05, 4.69) is 21.1 Å². The van der Waals surface area contributed by atoms with E-state index in [4.69, 9.17) is 0 Å². The number of hydrogen-bond acceptors (Lipinski definition) is 15. The summed E-state index contributed by atoms with van der Waals surface area (Å²) < 4.78 is 66.9. The number of nitrogens with zero attached hydrogens (tertiary/aromatic N) is 2. The molecule has 0 amide bonds. The second kappa shape index (κ2) is 15.4. The molecular formula is C26H16N4Na2O12S2. The van der Waals surface area contributed by atoms with Gasteiger partial charge in [-0.05, 0) is 72.8 Å². The van der Waals surface area contributed by atoms with Gasteiger partial charge in [0.05, 0.1) is 32.3 Å². The number of phenols is 1. The van der Waals surface area contributed by atoms with Crippen LogP contribution in [0.15, 0.2) is 102 Å². The standard InChI is InChI=1S/C26H18N4O12S2.2Na/c31-15-5-10-18(19(11-15)26(35)36)23(32)20-12-21(29-27-13-1-6-16(7-2-13)43(37,38)39)25(34)22(24(20)33)30-28-14-3-8-17(9-4-14)44(40,41)42;;/h1-12,27-28,31H,(H,35,36)(H,37,38,39)(H,40,41,42);;/q;2*+1/p-2/b29-21+,30-22+;;. The summed E-state index contributed by atoms with van der Waals surface area (Å²) in [6.45, 7) is 0. The van der Waals surface area contributed by atoms with Crippen LogP contribution in [0.25, 0.3) is 0 Å². The van der Waals surface area contributed by atoms with Gasteiger partial charge in [0.25, 0.3) is 0 Å². The summed E-state index contributed by atoms with van der Waals surface area (Å²) in [5.41, 5.74) is 0.515. The van der Waals surface area contributed by atoms with E-state index in [0.29, 0.717) is 0 Å². The zero-order chi connectivity index (χ0) is 32.4. The molecule has 4 N–H and O–H groups in total. The van der Waals surface area contributed by atoms with Gasteiger partial charge in [-0.1, -0.05) is 0 Å². The number of ketones is 1. The fourth-order valence-corrected chi connectivity index (χ4v) is 4.60.